The number of rotatable bonds is 4. The molecule has 0 atom stereocenters. The summed E-state index contributed by atoms with van der Waals surface area (Å²) in [5, 5.41) is 6.28. The van der Waals surface area contributed by atoms with Crippen LogP contribution in [0.3, 0.4) is 0 Å². The van der Waals surface area contributed by atoms with Crippen molar-refractivity contribution in [2.45, 2.75) is 18.9 Å². The molecule has 0 unspecified atom stereocenters. The van der Waals surface area contributed by atoms with Gasteiger partial charge in [0.2, 0.25) is 5.95 Å². The Morgan fingerprint density at radius 3 is 2.68 bits per heavy atom. The lowest BCUT2D eigenvalue weighted by molar-refractivity contribution is 0.0523. The van der Waals surface area contributed by atoms with Gasteiger partial charge in [0.1, 0.15) is 23.2 Å². The van der Waals surface area contributed by atoms with E-state index in [1.54, 1.807) is 17.2 Å². The van der Waals surface area contributed by atoms with E-state index in [4.69, 9.17) is 21.3 Å². The molecule has 10 nitrogen and oxygen atoms in total. The van der Waals surface area contributed by atoms with E-state index >= 15 is 0 Å². The zero-order chi connectivity index (χ0) is 23.5. The fraction of sp³-hybridized carbons (Fsp3) is 0.409. The molecular weight excluding hydrogens is 463 g/mol. The number of hydrogen-bond acceptors (Lipinski definition) is 8. The average molecular weight is 487 g/mol. The van der Waals surface area contributed by atoms with Crippen LogP contribution in [-0.2, 0) is 4.74 Å². The van der Waals surface area contributed by atoms with E-state index in [1.165, 1.54) is 18.5 Å². The number of carbonyl (C=O) groups excluding carboxylic acids is 1. The van der Waals surface area contributed by atoms with Crippen molar-refractivity contribution in [2.24, 2.45) is 0 Å². The first-order valence-corrected chi connectivity index (χ1v) is 11.5. The van der Waals surface area contributed by atoms with Gasteiger partial charge in [0.05, 0.1) is 24.4 Å². The number of nitrogens with one attached hydrogen (secondary N) is 2. The summed E-state index contributed by atoms with van der Waals surface area (Å²) in [6.45, 7) is 3.84. The fourth-order valence-electron chi connectivity index (χ4n) is 4.06. The number of benzene rings is 1. The molecule has 2 amide bonds. The molecular formula is C22H24ClFN8O2. The first-order valence-electron chi connectivity index (χ1n) is 11.1. The normalized spacial score (nSPS) is 17.1. The highest BCUT2D eigenvalue weighted by Crippen LogP contribution is 2.26. The van der Waals surface area contributed by atoms with Crippen LogP contribution in [0.1, 0.15) is 12.8 Å². The van der Waals surface area contributed by atoms with Crippen LogP contribution in [-0.4, -0.2) is 76.3 Å². The van der Waals surface area contributed by atoms with E-state index in [-0.39, 0.29) is 17.1 Å². The van der Waals surface area contributed by atoms with Gasteiger partial charge in [-0.1, -0.05) is 11.6 Å². The standard InChI is InChI=1S/C22H24ClFN8O2/c23-16-11-15(1-2-17(16)24)28-20-19-18(26-13-27-20)12-25-21(30-19)31-5-3-14(4-6-31)29-22(33)32-7-9-34-10-8-32/h1-2,11-14H,3-10H2,(H,29,33)(H,26,27,28). The van der Waals surface area contributed by atoms with Gasteiger partial charge >= 0.3 is 6.03 Å². The monoisotopic (exact) mass is 486 g/mol. The lowest BCUT2D eigenvalue weighted by Gasteiger charge is -2.34. The number of hydrogen-bond donors (Lipinski definition) is 2. The van der Waals surface area contributed by atoms with Gasteiger partial charge in [0.25, 0.3) is 0 Å². The molecule has 2 fully saturated rings. The lowest BCUT2D eigenvalue weighted by Crippen LogP contribution is -2.52. The highest BCUT2D eigenvalue weighted by atomic mass is 35.5. The molecule has 4 heterocycles. The van der Waals surface area contributed by atoms with E-state index in [0.29, 0.717) is 67.9 Å². The third-order valence-electron chi connectivity index (χ3n) is 5.95. The van der Waals surface area contributed by atoms with Crippen molar-refractivity contribution in [1.29, 1.82) is 0 Å². The molecule has 34 heavy (non-hydrogen) atoms. The van der Waals surface area contributed by atoms with Crippen molar-refractivity contribution in [3.63, 3.8) is 0 Å². The third-order valence-corrected chi connectivity index (χ3v) is 6.24. The number of amides is 2. The number of nitrogens with zero attached hydrogens (tertiary/aromatic N) is 6. The quantitative estimate of drug-likeness (QED) is 0.579. The minimum atomic E-state index is -0.492. The van der Waals surface area contributed by atoms with Crippen LogP contribution < -0.4 is 15.5 Å². The van der Waals surface area contributed by atoms with Crippen LogP contribution in [0.2, 0.25) is 5.02 Å². The molecule has 1 aromatic carbocycles. The minimum Gasteiger partial charge on any atom is -0.378 e. The topological polar surface area (TPSA) is 108 Å². The molecule has 0 saturated carbocycles. The summed E-state index contributed by atoms with van der Waals surface area (Å²) in [5.74, 6) is 0.554. The molecule has 0 aliphatic carbocycles. The summed E-state index contributed by atoms with van der Waals surface area (Å²) in [6.07, 6.45) is 4.67. The van der Waals surface area contributed by atoms with Crippen LogP contribution in [0.5, 0.6) is 0 Å². The average Bonchev–Trinajstić information content (AvgIpc) is 2.87. The Kier molecular flexibility index (Phi) is 6.54. The summed E-state index contributed by atoms with van der Waals surface area (Å²) in [7, 11) is 0. The highest BCUT2D eigenvalue weighted by Gasteiger charge is 2.25. The van der Waals surface area contributed by atoms with Crippen LogP contribution in [0.15, 0.2) is 30.7 Å². The summed E-state index contributed by atoms with van der Waals surface area (Å²) >= 11 is 5.90. The van der Waals surface area contributed by atoms with Crippen LogP contribution >= 0.6 is 11.6 Å². The van der Waals surface area contributed by atoms with E-state index in [0.717, 1.165) is 12.8 Å². The lowest BCUT2D eigenvalue weighted by atomic mass is 10.1. The summed E-state index contributed by atoms with van der Waals surface area (Å²) in [5.41, 5.74) is 1.72. The first kappa shape index (κ1) is 22.5. The summed E-state index contributed by atoms with van der Waals surface area (Å²) in [4.78, 5) is 34.1. The molecule has 2 N–H and O–H groups in total. The predicted molar refractivity (Wildman–Crippen MR) is 126 cm³/mol. The molecule has 5 rings (SSSR count). The van der Waals surface area contributed by atoms with Gasteiger partial charge in [0.15, 0.2) is 5.82 Å². The minimum absolute atomic E-state index is 0.0160. The maximum absolute atomic E-state index is 13.5. The van der Waals surface area contributed by atoms with E-state index in [1.807, 2.05) is 0 Å². The Morgan fingerprint density at radius 1 is 1.12 bits per heavy atom. The Balaban J connectivity index is 1.26. The molecule has 2 aliphatic rings. The maximum atomic E-state index is 13.5. The zero-order valence-electron chi connectivity index (χ0n) is 18.4. The third kappa shape index (κ3) is 4.95. The number of aromatic nitrogens is 4. The molecule has 3 aromatic rings. The molecule has 2 aliphatic heterocycles. The molecule has 2 saturated heterocycles. The second kappa shape index (κ2) is 9.90. The number of piperidine rings is 1. The number of carbonyl (C=O) groups is 1. The van der Waals surface area contributed by atoms with Crippen molar-refractivity contribution in [2.75, 3.05) is 49.6 Å². The van der Waals surface area contributed by atoms with Crippen LogP contribution in [0.4, 0.5) is 26.6 Å². The van der Waals surface area contributed by atoms with Gasteiger partial charge in [-0.25, -0.2) is 29.1 Å². The van der Waals surface area contributed by atoms with Crippen molar-refractivity contribution in [1.82, 2.24) is 30.2 Å². The van der Waals surface area contributed by atoms with Crippen molar-refractivity contribution in [3.05, 3.63) is 41.6 Å². The van der Waals surface area contributed by atoms with Crippen molar-refractivity contribution in [3.8, 4) is 0 Å². The largest absolute Gasteiger partial charge is 0.378 e. The number of halogens is 2. The van der Waals surface area contributed by atoms with Gasteiger partial charge in [-0.15, -0.1) is 0 Å². The van der Waals surface area contributed by atoms with Gasteiger partial charge in [-0.2, -0.15) is 0 Å². The molecule has 178 valence electrons. The van der Waals surface area contributed by atoms with Crippen molar-refractivity contribution < 1.29 is 13.9 Å². The summed E-state index contributed by atoms with van der Waals surface area (Å²) in [6, 6.07) is 4.43. The highest BCUT2D eigenvalue weighted by molar-refractivity contribution is 6.31. The number of anilines is 3. The fourth-order valence-corrected chi connectivity index (χ4v) is 4.24. The first-order chi connectivity index (χ1) is 16.6. The Morgan fingerprint density at radius 2 is 1.91 bits per heavy atom. The smallest absolute Gasteiger partial charge is 0.317 e. The molecule has 2 aromatic heterocycles. The maximum Gasteiger partial charge on any atom is 0.317 e. The van der Waals surface area contributed by atoms with E-state index in [9.17, 15) is 9.18 Å². The summed E-state index contributed by atoms with van der Waals surface area (Å²) < 4.78 is 18.8. The molecule has 0 radical (unpaired) electrons. The zero-order valence-corrected chi connectivity index (χ0v) is 19.1. The van der Waals surface area contributed by atoms with Gasteiger partial charge in [0, 0.05) is 37.9 Å². The number of urea groups is 1. The van der Waals surface area contributed by atoms with Gasteiger partial charge in [-0.3, -0.25) is 0 Å². The second-order valence-electron chi connectivity index (χ2n) is 8.19. The Labute approximate surface area is 200 Å². The van der Waals surface area contributed by atoms with Crippen molar-refractivity contribution >= 4 is 46.1 Å². The Hall–Kier alpha value is -3.31. The van der Waals surface area contributed by atoms with Crippen LogP contribution in [0.25, 0.3) is 11.0 Å². The van der Waals surface area contributed by atoms with E-state index < -0.39 is 5.82 Å². The molecule has 12 heteroatoms. The van der Waals surface area contributed by atoms with Gasteiger partial charge < -0.3 is 25.2 Å². The second-order valence-corrected chi connectivity index (χ2v) is 8.60. The Bertz CT molecular complexity index is 1180. The number of fused-ring (bicyclic) bond motifs is 1. The number of ether oxygens (including phenoxy) is 1. The van der Waals surface area contributed by atoms with Gasteiger partial charge in [-0.05, 0) is 31.0 Å². The SMILES string of the molecule is O=C(NC1CCN(c2ncc3ncnc(Nc4ccc(F)c(Cl)c4)c3n2)CC1)N1CCOCC1. The molecule has 0 spiro atoms. The molecule has 0 bridgehead atoms. The van der Waals surface area contributed by atoms with Crippen LogP contribution in [0, 0.1) is 5.82 Å². The van der Waals surface area contributed by atoms with E-state index in [2.05, 4.69) is 30.5 Å². The number of morpholine rings is 1. The predicted octanol–water partition coefficient (Wildman–Crippen LogP) is 2.97.